The summed E-state index contributed by atoms with van der Waals surface area (Å²) in [5.74, 6) is 0. The topological polar surface area (TPSA) is 23.5 Å². The van der Waals surface area contributed by atoms with E-state index < -0.39 is 0 Å². The summed E-state index contributed by atoms with van der Waals surface area (Å²) in [5, 5.41) is 6.99. The molecule has 8 aromatic carbocycles. The summed E-state index contributed by atoms with van der Waals surface area (Å²) in [6, 6.07) is 61.4. The molecule has 11 aromatic rings. The monoisotopic (exact) mass is 699 g/mol. The van der Waals surface area contributed by atoms with Crippen molar-refractivity contribution in [1.82, 2.24) is 13.7 Å². The number of benzene rings is 8. The zero-order valence-corrected chi connectivity index (χ0v) is 29.5. The Balaban J connectivity index is 1.12. The number of hydrogen-bond donors (Lipinski definition) is 0. The average Bonchev–Trinajstić information content (AvgIpc) is 3.89. The van der Waals surface area contributed by atoms with E-state index in [1.807, 2.05) is 42.5 Å². The number of fused-ring (bicyclic) bond motifs is 9. The number of hydrogen-bond acceptors (Lipinski definition) is 0. The zero-order valence-electron chi connectivity index (χ0n) is 29.5. The normalized spacial score (nSPS) is 11.6. The third kappa shape index (κ3) is 4.45. The maximum Gasteiger partial charge on any atom is 0.211 e. The van der Waals surface area contributed by atoms with Crippen molar-refractivity contribution in [1.29, 1.82) is 0 Å². The van der Waals surface area contributed by atoms with Crippen molar-refractivity contribution in [2.24, 2.45) is 0 Å². The Morgan fingerprint density at radius 3 is 1.47 bits per heavy atom. The minimum Gasteiger partial charge on any atom is -0.318 e. The molecule has 11 rings (SSSR count). The molecule has 0 aliphatic carbocycles. The fourth-order valence-corrected chi connectivity index (χ4v) is 8.73. The molecule has 0 saturated carbocycles. The van der Waals surface area contributed by atoms with Crippen LogP contribution in [0.5, 0.6) is 0 Å². The Labute approximate surface area is 316 Å². The van der Waals surface area contributed by atoms with E-state index in [1.54, 1.807) is 0 Å². The van der Waals surface area contributed by atoms with Crippen LogP contribution in [0.15, 0.2) is 176 Å². The lowest BCUT2D eigenvalue weighted by molar-refractivity contribution is 1.15. The molecule has 0 N–H and O–H groups in total. The van der Waals surface area contributed by atoms with E-state index in [0.717, 1.165) is 61.0 Å². The first-order chi connectivity index (χ1) is 27.2. The molecular formula is C50H29N5. The SMILES string of the molecule is [C-]#[N+]c1ccc(-n2c3ccccc3c3cccc([N+]#[C-])c32)c(-c2ccc(-n3c4ccccc4c4ccc(-n5c6ccccc6c6ccccc65)cc43)cc2)c1. The van der Waals surface area contributed by atoms with Crippen LogP contribution in [0.25, 0.3) is 103 Å². The van der Waals surface area contributed by atoms with Gasteiger partial charge in [-0.25, -0.2) is 9.69 Å². The molecule has 55 heavy (non-hydrogen) atoms. The summed E-state index contributed by atoms with van der Waals surface area (Å²) in [6.07, 6.45) is 0. The van der Waals surface area contributed by atoms with Gasteiger partial charge in [0.1, 0.15) is 0 Å². The summed E-state index contributed by atoms with van der Waals surface area (Å²) in [5.41, 5.74) is 12.7. The van der Waals surface area contributed by atoms with Gasteiger partial charge in [-0.2, -0.15) is 0 Å². The van der Waals surface area contributed by atoms with E-state index in [0.29, 0.717) is 11.4 Å². The van der Waals surface area contributed by atoms with Crippen molar-refractivity contribution in [3.05, 3.63) is 199 Å². The minimum absolute atomic E-state index is 0.564. The molecule has 3 heterocycles. The van der Waals surface area contributed by atoms with E-state index >= 15 is 0 Å². The fourth-order valence-electron chi connectivity index (χ4n) is 8.73. The molecule has 0 bridgehead atoms. The smallest absolute Gasteiger partial charge is 0.211 e. The van der Waals surface area contributed by atoms with Crippen molar-refractivity contribution < 1.29 is 0 Å². The fraction of sp³-hybridized carbons (Fsp3) is 0. The Hall–Kier alpha value is -7.86. The van der Waals surface area contributed by atoms with E-state index in [4.69, 9.17) is 13.1 Å². The quantitative estimate of drug-likeness (QED) is 0.163. The van der Waals surface area contributed by atoms with Crippen molar-refractivity contribution in [2.75, 3.05) is 0 Å². The average molecular weight is 700 g/mol. The number of para-hydroxylation sites is 5. The van der Waals surface area contributed by atoms with Crippen LogP contribution in [0, 0.1) is 13.1 Å². The first-order valence-corrected chi connectivity index (χ1v) is 18.3. The molecule has 0 spiro atoms. The predicted octanol–water partition coefficient (Wildman–Crippen LogP) is 13.7. The molecule has 5 nitrogen and oxygen atoms in total. The third-order valence-electron chi connectivity index (χ3n) is 11.1. The summed E-state index contributed by atoms with van der Waals surface area (Å²) < 4.78 is 6.92. The van der Waals surface area contributed by atoms with Crippen LogP contribution >= 0.6 is 0 Å². The van der Waals surface area contributed by atoms with Crippen molar-refractivity contribution >= 4 is 76.8 Å². The summed E-state index contributed by atoms with van der Waals surface area (Å²) in [7, 11) is 0. The maximum atomic E-state index is 8.04. The molecule has 0 saturated heterocycles. The van der Waals surface area contributed by atoms with Crippen LogP contribution in [-0.4, -0.2) is 13.7 Å². The van der Waals surface area contributed by atoms with Crippen molar-refractivity contribution in [2.45, 2.75) is 0 Å². The maximum absolute atomic E-state index is 8.04. The first-order valence-electron chi connectivity index (χ1n) is 18.3. The van der Waals surface area contributed by atoms with Gasteiger partial charge in [-0.1, -0.05) is 115 Å². The molecule has 0 fully saturated rings. The highest BCUT2D eigenvalue weighted by Gasteiger charge is 2.20. The second-order valence-electron chi connectivity index (χ2n) is 13.9. The van der Waals surface area contributed by atoms with Crippen LogP contribution in [0.1, 0.15) is 0 Å². The highest BCUT2D eigenvalue weighted by molar-refractivity contribution is 6.14. The lowest BCUT2D eigenvalue weighted by atomic mass is 10.0. The molecule has 5 heteroatoms. The highest BCUT2D eigenvalue weighted by atomic mass is 15.0. The van der Waals surface area contributed by atoms with Gasteiger partial charge in [-0.15, -0.1) is 0 Å². The van der Waals surface area contributed by atoms with Crippen LogP contribution in [0.3, 0.4) is 0 Å². The van der Waals surface area contributed by atoms with Gasteiger partial charge in [0.15, 0.2) is 5.69 Å². The second-order valence-corrected chi connectivity index (χ2v) is 13.9. The molecule has 0 unspecified atom stereocenters. The summed E-state index contributed by atoms with van der Waals surface area (Å²) in [4.78, 5) is 7.75. The van der Waals surface area contributed by atoms with Crippen molar-refractivity contribution in [3.63, 3.8) is 0 Å². The largest absolute Gasteiger partial charge is 0.318 e. The van der Waals surface area contributed by atoms with Gasteiger partial charge in [-0.05, 0) is 77.2 Å². The lowest BCUT2D eigenvalue weighted by Gasteiger charge is -2.16. The standard InChI is InChI=1S/C50H29N5/c1-51-33-24-29-48(55-47-21-10-6-15-39(47)41-16-11-17-43(52-2)50(41)55)42(30-33)32-22-25-34(26-23-32)53-44-18-7-5-14-38(44)40-28-27-35(31-49(40)53)54-45-19-8-3-12-36(45)37-13-4-9-20-46(37)54/h3-31H. The Kier molecular flexibility index (Phi) is 6.61. The molecule has 0 aliphatic heterocycles. The minimum atomic E-state index is 0.564. The van der Waals surface area contributed by atoms with Crippen LogP contribution < -0.4 is 0 Å². The number of aromatic nitrogens is 3. The Bertz CT molecular complexity index is 3400. The lowest BCUT2D eigenvalue weighted by Crippen LogP contribution is -1.98. The first kappa shape index (κ1) is 30.7. The molecule has 0 aliphatic rings. The van der Waals surface area contributed by atoms with Crippen LogP contribution in [-0.2, 0) is 0 Å². The Morgan fingerprint density at radius 1 is 0.364 bits per heavy atom. The second kappa shape index (κ2) is 11.8. The van der Waals surface area contributed by atoms with E-state index in [9.17, 15) is 0 Å². The van der Waals surface area contributed by atoms with Crippen LogP contribution in [0.2, 0.25) is 0 Å². The predicted molar refractivity (Wildman–Crippen MR) is 227 cm³/mol. The van der Waals surface area contributed by atoms with E-state index in [2.05, 4.69) is 157 Å². The van der Waals surface area contributed by atoms with E-state index in [-0.39, 0.29) is 0 Å². The van der Waals surface area contributed by atoms with Gasteiger partial charge in [0.2, 0.25) is 5.69 Å². The zero-order chi connectivity index (χ0) is 36.6. The van der Waals surface area contributed by atoms with E-state index in [1.165, 1.54) is 32.6 Å². The number of rotatable bonds is 4. The molecule has 0 radical (unpaired) electrons. The van der Waals surface area contributed by atoms with Gasteiger partial charge in [0.05, 0.1) is 51.9 Å². The van der Waals surface area contributed by atoms with Crippen molar-refractivity contribution in [3.8, 4) is 28.2 Å². The van der Waals surface area contributed by atoms with Gasteiger partial charge in [0, 0.05) is 38.3 Å². The summed E-state index contributed by atoms with van der Waals surface area (Å²) >= 11 is 0. The molecular weight excluding hydrogens is 671 g/mol. The molecule has 0 amide bonds. The molecule has 0 atom stereocenters. The van der Waals surface area contributed by atoms with Gasteiger partial charge >= 0.3 is 0 Å². The van der Waals surface area contributed by atoms with Crippen LogP contribution in [0.4, 0.5) is 11.4 Å². The summed E-state index contributed by atoms with van der Waals surface area (Å²) in [6.45, 7) is 15.9. The third-order valence-corrected chi connectivity index (χ3v) is 11.1. The number of nitrogens with zero attached hydrogens (tertiary/aromatic N) is 5. The molecule has 254 valence electrons. The van der Waals surface area contributed by atoms with Gasteiger partial charge < -0.3 is 13.7 Å². The van der Waals surface area contributed by atoms with Gasteiger partial charge in [-0.3, -0.25) is 0 Å². The Morgan fingerprint density at radius 2 is 0.873 bits per heavy atom. The highest BCUT2D eigenvalue weighted by Crippen LogP contribution is 2.42. The van der Waals surface area contributed by atoms with Gasteiger partial charge in [0.25, 0.3) is 0 Å². The molecule has 3 aromatic heterocycles.